The number of benzene rings is 2. The van der Waals surface area contributed by atoms with Crippen molar-refractivity contribution in [1.29, 1.82) is 0 Å². The SMILES string of the molecule is C#Cc1c(F)ccc2cccc(-c3ncc4c(N5CCOC[C@H]6[C@H](F)[C@H]65)nc(OC[C@]56C[C@@H](F)CN5C[C@@H](CNC(C)=O)C6)nc4c3F)c12. The largest absolute Gasteiger partial charge is 0.461 e. The summed E-state index contributed by atoms with van der Waals surface area (Å²) in [6.45, 7) is 3.68. The van der Waals surface area contributed by atoms with Gasteiger partial charge in [-0.25, -0.2) is 17.6 Å². The number of nitrogens with zero attached hydrogens (tertiary/aromatic N) is 5. The Balaban J connectivity index is 1.22. The lowest BCUT2D eigenvalue weighted by Gasteiger charge is -2.31. The number of pyridine rings is 1. The number of hydrogen-bond donors (Lipinski definition) is 1. The number of rotatable bonds is 7. The van der Waals surface area contributed by atoms with Crippen LogP contribution in [0, 0.1) is 35.8 Å². The Morgan fingerprint density at radius 3 is 2.86 bits per heavy atom. The van der Waals surface area contributed by atoms with Gasteiger partial charge in [0.1, 0.15) is 41.8 Å². The van der Waals surface area contributed by atoms with Crippen LogP contribution in [0.15, 0.2) is 36.5 Å². The third-order valence-corrected chi connectivity index (χ3v) is 10.4. The van der Waals surface area contributed by atoms with E-state index in [4.69, 9.17) is 20.9 Å². The number of terminal acetylenes is 1. The van der Waals surface area contributed by atoms with Gasteiger partial charge < -0.3 is 19.7 Å². The maximum atomic E-state index is 16.9. The number of aromatic nitrogens is 3. The van der Waals surface area contributed by atoms with Crippen molar-refractivity contribution in [3.63, 3.8) is 0 Å². The summed E-state index contributed by atoms with van der Waals surface area (Å²) < 4.78 is 73.4. The van der Waals surface area contributed by atoms with E-state index in [-0.39, 0.29) is 83.5 Å². The lowest BCUT2D eigenvalue weighted by Crippen LogP contribution is -2.43. The van der Waals surface area contributed by atoms with E-state index in [2.05, 4.69) is 21.2 Å². The number of halogens is 4. The molecule has 1 aliphatic carbocycles. The highest BCUT2D eigenvalue weighted by atomic mass is 19.1. The number of alkyl halides is 2. The molecule has 0 bridgehead atoms. The van der Waals surface area contributed by atoms with E-state index in [1.165, 1.54) is 19.2 Å². The van der Waals surface area contributed by atoms with Crippen LogP contribution in [0.5, 0.6) is 6.01 Å². The fourth-order valence-electron chi connectivity index (χ4n) is 8.14. The standard InChI is InChI=1S/C36H34F4N6O3/c1-3-23-27(38)8-7-21-5-4-6-24(28(21)23)31-30(40)32-25(14-42-31)34(46-9-10-48-17-26-29(39)33(26)46)44-35(43-32)49-18-36-11-20(13-41-19(2)47)15-45(36)16-22(37)12-36/h1,4-8,14,20,22,26,29,33H,9-13,15-18H2,2H3,(H,41,47)/t20-,22-,26+,29+,33+,36+/m1/s1. The molecule has 49 heavy (non-hydrogen) atoms. The summed E-state index contributed by atoms with van der Waals surface area (Å²) in [7, 11) is 0. The van der Waals surface area contributed by atoms with Gasteiger partial charge in [0.25, 0.3) is 0 Å². The fraction of sp³-hybridized carbons (Fsp3) is 0.444. The van der Waals surface area contributed by atoms with Gasteiger partial charge in [0, 0.05) is 62.6 Å². The van der Waals surface area contributed by atoms with Crippen LogP contribution in [-0.4, -0.2) is 95.7 Å². The van der Waals surface area contributed by atoms with E-state index in [0.717, 1.165) is 0 Å². The Morgan fingerprint density at radius 2 is 2.04 bits per heavy atom. The van der Waals surface area contributed by atoms with Crippen LogP contribution in [-0.2, 0) is 9.53 Å². The van der Waals surface area contributed by atoms with Gasteiger partial charge in [-0.2, -0.15) is 9.97 Å². The molecule has 2 aromatic heterocycles. The number of nitrogens with one attached hydrogen (secondary N) is 1. The summed E-state index contributed by atoms with van der Waals surface area (Å²) in [5.41, 5.74) is -0.603. The normalized spacial score (nSPS) is 27.8. The summed E-state index contributed by atoms with van der Waals surface area (Å²) in [6.07, 6.45) is 5.75. The van der Waals surface area contributed by atoms with Crippen LogP contribution >= 0.6 is 0 Å². The van der Waals surface area contributed by atoms with E-state index in [0.29, 0.717) is 43.4 Å². The Labute approximate surface area is 280 Å². The van der Waals surface area contributed by atoms with Gasteiger partial charge in [-0.1, -0.05) is 30.2 Å². The number of amides is 1. The van der Waals surface area contributed by atoms with Crippen molar-refractivity contribution in [2.45, 2.75) is 43.7 Å². The summed E-state index contributed by atoms with van der Waals surface area (Å²) >= 11 is 0. The van der Waals surface area contributed by atoms with Gasteiger partial charge in [-0.05, 0) is 23.8 Å². The first kappa shape index (κ1) is 31.7. The van der Waals surface area contributed by atoms with Crippen molar-refractivity contribution >= 4 is 33.4 Å². The van der Waals surface area contributed by atoms with E-state index in [1.807, 2.05) is 4.90 Å². The zero-order chi connectivity index (χ0) is 34.0. The Bertz CT molecular complexity index is 2020. The molecule has 6 atom stereocenters. The third-order valence-electron chi connectivity index (χ3n) is 10.4. The number of carbonyl (C=O) groups excluding carboxylic acids is 1. The van der Waals surface area contributed by atoms with Crippen LogP contribution in [0.3, 0.4) is 0 Å². The molecule has 3 saturated heterocycles. The first-order valence-corrected chi connectivity index (χ1v) is 16.5. The first-order valence-electron chi connectivity index (χ1n) is 16.5. The van der Waals surface area contributed by atoms with Crippen LogP contribution in [0.25, 0.3) is 32.9 Å². The molecule has 2 aromatic carbocycles. The minimum absolute atomic E-state index is 0.0139. The molecule has 3 aliphatic heterocycles. The molecule has 8 rings (SSSR count). The second kappa shape index (κ2) is 12.1. The van der Waals surface area contributed by atoms with E-state index in [9.17, 15) is 18.0 Å². The van der Waals surface area contributed by atoms with E-state index < -0.39 is 35.6 Å². The lowest BCUT2D eigenvalue weighted by atomic mass is 9.90. The summed E-state index contributed by atoms with van der Waals surface area (Å²) in [5.74, 6) is 0.838. The summed E-state index contributed by atoms with van der Waals surface area (Å²) in [6, 6.07) is 7.25. The minimum Gasteiger partial charge on any atom is -0.461 e. The topological polar surface area (TPSA) is 92.7 Å². The zero-order valence-electron chi connectivity index (χ0n) is 26.8. The number of fused-ring (bicyclic) bond motifs is 4. The lowest BCUT2D eigenvalue weighted by molar-refractivity contribution is -0.119. The van der Waals surface area contributed by atoms with E-state index in [1.54, 1.807) is 29.2 Å². The molecule has 0 unspecified atom stereocenters. The van der Waals surface area contributed by atoms with E-state index >= 15 is 4.39 Å². The Hall–Kier alpha value is -4.54. The molecule has 5 heterocycles. The monoisotopic (exact) mass is 674 g/mol. The second-order valence-electron chi connectivity index (χ2n) is 13.6. The van der Waals surface area contributed by atoms with Crippen molar-refractivity contribution in [2.75, 3.05) is 50.9 Å². The van der Waals surface area contributed by atoms with Gasteiger partial charge in [0.05, 0.1) is 35.7 Å². The average Bonchev–Trinajstić information content (AvgIpc) is 3.54. The molecular formula is C36H34F4N6O3. The number of hydrogen-bond acceptors (Lipinski definition) is 8. The molecule has 4 fully saturated rings. The van der Waals surface area contributed by atoms with Crippen molar-refractivity contribution < 1.29 is 31.8 Å². The molecule has 0 radical (unpaired) electrons. The van der Waals surface area contributed by atoms with Crippen molar-refractivity contribution in [1.82, 2.24) is 25.2 Å². The molecule has 254 valence electrons. The molecule has 4 aliphatic rings. The molecule has 9 nitrogen and oxygen atoms in total. The average molecular weight is 675 g/mol. The number of ether oxygens (including phenoxy) is 2. The van der Waals surface area contributed by atoms with Crippen molar-refractivity contribution in [3.8, 4) is 29.6 Å². The molecule has 1 amide bonds. The predicted molar refractivity (Wildman–Crippen MR) is 175 cm³/mol. The van der Waals surface area contributed by atoms with Crippen molar-refractivity contribution in [3.05, 3.63) is 53.7 Å². The highest BCUT2D eigenvalue weighted by Crippen LogP contribution is 2.46. The van der Waals surface area contributed by atoms with Gasteiger partial charge in [0.2, 0.25) is 5.91 Å². The van der Waals surface area contributed by atoms with Crippen molar-refractivity contribution in [2.24, 2.45) is 11.8 Å². The van der Waals surface area contributed by atoms with Crippen LogP contribution in [0.1, 0.15) is 25.3 Å². The highest BCUT2D eigenvalue weighted by Gasteiger charge is 2.57. The molecular weight excluding hydrogens is 640 g/mol. The maximum Gasteiger partial charge on any atom is 0.319 e. The maximum absolute atomic E-state index is 16.9. The third kappa shape index (κ3) is 5.41. The molecule has 1 N–H and O–H groups in total. The van der Waals surface area contributed by atoms with Gasteiger partial charge in [-0.3, -0.25) is 14.7 Å². The molecule has 0 spiro atoms. The molecule has 13 heteroatoms. The van der Waals surface area contributed by atoms with Crippen LogP contribution in [0.4, 0.5) is 23.4 Å². The number of anilines is 1. The summed E-state index contributed by atoms with van der Waals surface area (Å²) in [5, 5.41) is 4.05. The van der Waals surface area contributed by atoms with Gasteiger partial charge in [0.15, 0.2) is 5.82 Å². The Morgan fingerprint density at radius 1 is 1.18 bits per heavy atom. The highest BCUT2D eigenvalue weighted by molar-refractivity contribution is 6.02. The molecule has 1 saturated carbocycles. The van der Waals surface area contributed by atoms with Gasteiger partial charge >= 0.3 is 6.01 Å². The number of carbonyl (C=O) groups is 1. The first-order chi connectivity index (χ1) is 23.7. The quantitative estimate of drug-likeness (QED) is 0.225. The predicted octanol–water partition coefficient (Wildman–Crippen LogP) is 4.60. The van der Waals surface area contributed by atoms with Gasteiger partial charge in [-0.15, -0.1) is 6.42 Å². The van der Waals surface area contributed by atoms with Crippen LogP contribution in [0.2, 0.25) is 0 Å². The zero-order valence-corrected chi connectivity index (χ0v) is 26.8. The summed E-state index contributed by atoms with van der Waals surface area (Å²) in [4.78, 5) is 29.1. The minimum atomic E-state index is -1.15. The molecule has 4 aromatic rings. The Kier molecular flexibility index (Phi) is 7.83. The fourth-order valence-corrected chi connectivity index (χ4v) is 8.14. The second-order valence-corrected chi connectivity index (χ2v) is 13.6. The van der Waals surface area contributed by atoms with Crippen LogP contribution < -0.4 is 15.0 Å². The smallest absolute Gasteiger partial charge is 0.319 e.